The lowest BCUT2D eigenvalue weighted by Crippen LogP contribution is -2.11. The first-order valence-corrected chi connectivity index (χ1v) is 2.00. The molecule has 0 aromatic heterocycles. The number of aliphatic hydroxyl groups excluding tert-OH is 1. The van der Waals surface area contributed by atoms with Gasteiger partial charge >= 0.3 is 0 Å². The Morgan fingerprint density at radius 3 is 1.33 bits per heavy atom. The molecule has 0 atom stereocenters. The molecular formula is C4H10O2. The van der Waals surface area contributed by atoms with Gasteiger partial charge in [0.05, 0.1) is 0 Å². The zero-order chi connectivity index (χ0) is 5.15. The van der Waals surface area contributed by atoms with Crippen LogP contribution in [-0.4, -0.2) is 16.5 Å². The first-order valence-electron chi connectivity index (χ1n) is 2.00. The Morgan fingerprint density at radius 1 is 1.17 bits per heavy atom. The van der Waals surface area contributed by atoms with E-state index in [0.717, 1.165) is 0 Å². The third kappa shape index (κ3) is 2.18. The fraction of sp³-hybridized carbons (Fsp3) is 1.00. The van der Waals surface area contributed by atoms with E-state index in [4.69, 9.17) is 10.2 Å². The Morgan fingerprint density at radius 2 is 1.33 bits per heavy atom. The van der Waals surface area contributed by atoms with Gasteiger partial charge in [-0.05, 0) is 0 Å². The van der Waals surface area contributed by atoms with Crippen LogP contribution >= 0.6 is 0 Å². The molecule has 0 aliphatic heterocycles. The molecule has 0 amide bonds. The summed E-state index contributed by atoms with van der Waals surface area (Å²) >= 11 is 0. The van der Waals surface area contributed by atoms with E-state index < -0.39 is 6.29 Å². The molecular weight excluding hydrogens is 80.0 g/mol. The van der Waals surface area contributed by atoms with Crippen molar-refractivity contribution in [2.75, 3.05) is 0 Å². The van der Waals surface area contributed by atoms with E-state index in [0.29, 0.717) is 0 Å². The summed E-state index contributed by atoms with van der Waals surface area (Å²) in [6, 6.07) is 0. The van der Waals surface area contributed by atoms with E-state index in [2.05, 4.69) is 0 Å². The van der Waals surface area contributed by atoms with E-state index in [-0.39, 0.29) is 5.92 Å². The van der Waals surface area contributed by atoms with Gasteiger partial charge in [0.1, 0.15) is 0 Å². The van der Waals surface area contributed by atoms with Crippen molar-refractivity contribution >= 4 is 0 Å². The predicted molar refractivity (Wildman–Crippen MR) is 23.1 cm³/mol. The molecule has 0 radical (unpaired) electrons. The molecule has 6 heavy (non-hydrogen) atoms. The van der Waals surface area contributed by atoms with Crippen molar-refractivity contribution in [2.45, 2.75) is 20.1 Å². The second-order valence-corrected chi connectivity index (χ2v) is 1.66. The van der Waals surface area contributed by atoms with Crippen LogP contribution in [0.1, 0.15) is 13.8 Å². The summed E-state index contributed by atoms with van der Waals surface area (Å²) in [6.45, 7) is 3.48. The molecule has 2 heteroatoms. The third-order valence-electron chi connectivity index (χ3n) is 0.596. The fourth-order valence-corrected chi connectivity index (χ4v) is 0. The Hall–Kier alpha value is -0.0800. The minimum atomic E-state index is -1.15. The van der Waals surface area contributed by atoms with Crippen molar-refractivity contribution in [3.63, 3.8) is 0 Å². The zero-order valence-electron chi connectivity index (χ0n) is 4.05. The molecule has 0 aromatic rings. The van der Waals surface area contributed by atoms with Gasteiger partial charge in [-0.1, -0.05) is 13.8 Å². The molecule has 0 bridgehead atoms. The van der Waals surface area contributed by atoms with E-state index in [1.807, 2.05) is 0 Å². The van der Waals surface area contributed by atoms with Crippen LogP contribution in [0.25, 0.3) is 0 Å². The molecule has 0 aliphatic rings. The van der Waals surface area contributed by atoms with Gasteiger partial charge < -0.3 is 10.2 Å². The maximum Gasteiger partial charge on any atom is 0.153 e. The lowest BCUT2D eigenvalue weighted by atomic mass is 10.2. The van der Waals surface area contributed by atoms with Gasteiger partial charge in [0.2, 0.25) is 0 Å². The first-order chi connectivity index (χ1) is 2.64. The molecule has 0 fully saturated rings. The molecule has 2 N–H and O–H groups in total. The molecule has 0 unspecified atom stereocenters. The van der Waals surface area contributed by atoms with Gasteiger partial charge in [-0.2, -0.15) is 0 Å². The topological polar surface area (TPSA) is 40.5 Å². The summed E-state index contributed by atoms with van der Waals surface area (Å²) in [4.78, 5) is 0. The highest BCUT2D eigenvalue weighted by Gasteiger charge is 1.99. The fourth-order valence-electron chi connectivity index (χ4n) is 0. The standard InChI is InChI=1S/C4H10O2/c1-3(2)4(5)6/h3-6H,1-2H3. The summed E-state index contributed by atoms with van der Waals surface area (Å²) in [5, 5.41) is 16.4. The van der Waals surface area contributed by atoms with E-state index in [9.17, 15) is 0 Å². The van der Waals surface area contributed by atoms with Crippen molar-refractivity contribution < 1.29 is 10.2 Å². The Labute approximate surface area is 37.4 Å². The van der Waals surface area contributed by atoms with Crippen LogP contribution < -0.4 is 0 Å². The number of aliphatic hydroxyl groups is 2. The van der Waals surface area contributed by atoms with Crippen LogP contribution in [0.4, 0.5) is 0 Å². The van der Waals surface area contributed by atoms with Crippen molar-refractivity contribution in [1.29, 1.82) is 0 Å². The summed E-state index contributed by atoms with van der Waals surface area (Å²) in [6.07, 6.45) is -1.15. The van der Waals surface area contributed by atoms with Gasteiger partial charge in [-0.25, -0.2) is 0 Å². The molecule has 0 heterocycles. The minimum Gasteiger partial charge on any atom is -0.368 e. The van der Waals surface area contributed by atoms with Gasteiger partial charge in [0.25, 0.3) is 0 Å². The smallest absolute Gasteiger partial charge is 0.153 e. The van der Waals surface area contributed by atoms with E-state index >= 15 is 0 Å². The number of rotatable bonds is 1. The van der Waals surface area contributed by atoms with Crippen LogP contribution in [0, 0.1) is 5.92 Å². The highest BCUT2D eigenvalue weighted by molar-refractivity contribution is 4.40. The molecule has 0 rings (SSSR count). The van der Waals surface area contributed by atoms with Crippen LogP contribution in [0.2, 0.25) is 0 Å². The highest BCUT2D eigenvalue weighted by Crippen LogP contribution is 1.93. The molecule has 38 valence electrons. The van der Waals surface area contributed by atoms with Crippen molar-refractivity contribution in [2.24, 2.45) is 5.92 Å². The van der Waals surface area contributed by atoms with Crippen LogP contribution in [0.5, 0.6) is 0 Å². The quantitative estimate of drug-likeness (QED) is 0.443. The van der Waals surface area contributed by atoms with E-state index in [1.165, 1.54) is 0 Å². The molecule has 0 aromatic carbocycles. The first kappa shape index (κ1) is 5.92. The maximum absolute atomic E-state index is 8.19. The van der Waals surface area contributed by atoms with E-state index in [1.54, 1.807) is 13.8 Å². The molecule has 2 nitrogen and oxygen atoms in total. The molecule has 0 saturated heterocycles. The van der Waals surface area contributed by atoms with Gasteiger partial charge in [-0.15, -0.1) is 0 Å². The predicted octanol–water partition coefficient (Wildman–Crippen LogP) is -0.0469. The van der Waals surface area contributed by atoms with Gasteiger partial charge in [-0.3, -0.25) is 0 Å². The summed E-state index contributed by atoms with van der Waals surface area (Å²) in [7, 11) is 0. The summed E-state index contributed by atoms with van der Waals surface area (Å²) in [5.74, 6) is -0.0370. The van der Waals surface area contributed by atoms with Crippen LogP contribution in [-0.2, 0) is 0 Å². The van der Waals surface area contributed by atoms with Gasteiger partial charge in [0, 0.05) is 5.92 Å². The molecule has 0 saturated carbocycles. The lowest BCUT2D eigenvalue weighted by Gasteiger charge is -2.03. The van der Waals surface area contributed by atoms with Crippen LogP contribution in [0.15, 0.2) is 0 Å². The Balaban J connectivity index is 2.99. The molecule has 0 spiro atoms. The monoisotopic (exact) mass is 90.1 g/mol. The zero-order valence-corrected chi connectivity index (χ0v) is 4.05. The lowest BCUT2D eigenvalue weighted by molar-refractivity contribution is -0.0731. The van der Waals surface area contributed by atoms with Crippen molar-refractivity contribution in [3.05, 3.63) is 0 Å². The average Bonchev–Trinajstić information content (AvgIpc) is 1.36. The van der Waals surface area contributed by atoms with Crippen molar-refractivity contribution in [1.82, 2.24) is 0 Å². The number of hydrogen-bond donors (Lipinski definition) is 2. The SMILES string of the molecule is CC(C)C(O)O. The van der Waals surface area contributed by atoms with Crippen LogP contribution in [0.3, 0.4) is 0 Å². The Kier molecular flexibility index (Phi) is 2.13. The minimum absolute atomic E-state index is 0.0370. The summed E-state index contributed by atoms with van der Waals surface area (Å²) < 4.78 is 0. The van der Waals surface area contributed by atoms with Gasteiger partial charge in [0.15, 0.2) is 6.29 Å². The third-order valence-corrected chi connectivity index (χ3v) is 0.596. The summed E-state index contributed by atoms with van der Waals surface area (Å²) in [5.41, 5.74) is 0. The maximum atomic E-state index is 8.19. The average molecular weight is 90.1 g/mol. The second-order valence-electron chi connectivity index (χ2n) is 1.66. The number of hydrogen-bond acceptors (Lipinski definition) is 2. The highest BCUT2D eigenvalue weighted by atomic mass is 16.5. The Bertz CT molecular complexity index is 26.5. The second kappa shape index (κ2) is 2.16. The molecule has 0 aliphatic carbocycles. The normalized spacial score (nSPS) is 11.0. The largest absolute Gasteiger partial charge is 0.368 e. The van der Waals surface area contributed by atoms with Crippen molar-refractivity contribution in [3.8, 4) is 0 Å².